The van der Waals surface area contributed by atoms with Gasteiger partial charge in [-0.3, -0.25) is 28.8 Å². The highest BCUT2D eigenvalue weighted by molar-refractivity contribution is 7.15. The number of aryl methyl sites for hydroxylation is 1. The standard InChI is InChI=1S/C61H58N14O10S6/c1-29-45(78)23-75-49(29)59-72-43(28-90-59)57-68-39(24-88-57)48-34(14-15-36(65-48)56-69-40(25-89-56)51(63)80)54-70-41(26-86-54)52(81)66-37(22-46(62)79)58-73-47(30(2)91-58)44(77)21-35(50(32-8-4-3-5-9-32)85-61(84)64-16-19-74-17-6-7-18-74)55-71-42(27-87-55)53(82)67-38(60(75)83)20-31-10-12-33(76)13-11-31/h3-5,8-15,24-29,35,37-38,45,49-50,76,78H,6-7,16-23H2,1-2H3,(H2,62,79)(H2,63,80)(H,64,84)(H,66,81)(H,67,82)/t29-,35-,37-,38-,45-,49-,50+/m0/s1. The summed E-state index contributed by atoms with van der Waals surface area (Å²) in [5.41, 5.74) is 14.5. The van der Waals surface area contributed by atoms with Crippen molar-refractivity contribution in [1.29, 1.82) is 0 Å². The molecule has 0 radical (unpaired) electrons. The number of aromatic nitrogens is 7. The topological polar surface area (TPSA) is 354 Å². The first kappa shape index (κ1) is 62.6. The SMILES string of the molecule is Cc1sc2nc1C(=O)C[C@@H]([C@H](OC(=O)NCCN1CCCC1)c1ccccc1)c1nc(cs1)C(=O)N[C@@H](Cc1ccc(O)cc1)C(=O)N1C[C@H](O)[C@H](C)[C@H]1c1nc(cs1)-c1nc(cs1)-c1nc(-c3nc(C(N)=O)cs3)ccc1-c1nc(cs1)C(=O)N[C@H]2CC(N)=O. The average molecular weight is 1340 g/mol. The lowest BCUT2D eigenvalue weighted by atomic mass is 9.90. The number of aliphatic hydroxyl groups excluding tert-OH is 1. The van der Waals surface area contributed by atoms with Crippen molar-refractivity contribution < 1.29 is 48.5 Å². The van der Waals surface area contributed by atoms with Crippen LogP contribution < -0.4 is 27.4 Å². The van der Waals surface area contributed by atoms with E-state index in [1.807, 2.05) is 6.92 Å². The molecule has 3 aliphatic heterocycles. The molecule has 0 saturated carbocycles. The summed E-state index contributed by atoms with van der Waals surface area (Å²) in [7, 11) is 0. The molecule has 468 valence electrons. The van der Waals surface area contributed by atoms with Crippen LogP contribution in [0.5, 0.6) is 5.75 Å². The molecule has 12 rings (SSSR count). The molecular formula is C61H58N14O10S6. The second-order valence-corrected chi connectivity index (χ2v) is 27.7. The van der Waals surface area contributed by atoms with Gasteiger partial charge in [-0.1, -0.05) is 49.4 Å². The predicted octanol–water partition coefficient (Wildman–Crippen LogP) is 8.10. The number of phenols is 1. The highest BCUT2D eigenvalue weighted by Gasteiger charge is 2.46. The monoisotopic (exact) mass is 1340 g/mol. The van der Waals surface area contributed by atoms with E-state index in [0.717, 1.165) is 59.9 Å². The highest BCUT2D eigenvalue weighted by Crippen LogP contribution is 2.44. The minimum Gasteiger partial charge on any atom is -0.508 e. The van der Waals surface area contributed by atoms with Crippen molar-refractivity contribution in [3.63, 3.8) is 0 Å². The average Bonchev–Trinajstić information content (AvgIpc) is 1.94. The number of alkyl carbamates (subject to hydrolysis) is 1. The second kappa shape index (κ2) is 27.1. The number of amides is 6. The Balaban J connectivity index is 0.958. The van der Waals surface area contributed by atoms with Gasteiger partial charge in [-0.05, 0) is 68.2 Å². The smallest absolute Gasteiger partial charge is 0.407 e. The number of Topliss-reactive ketones (excluding diaryl/α,β-unsaturated/α-hetero) is 1. The van der Waals surface area contributed by atoms with Crippen LogP contribution in [0, 0.1) is 12.8 Å². The number of aliphatic hydroxyl groups is 1. The Morgan fingerprint density at radius 3 is 2.12 bits per heavy atom. The molecule has 2 saturated heterocycles. The number of nitrogens with two attached hydrogens (primary N) is 2. The molecule has 2 fully saturated rings. The number of fused-ring (bicyclic) bond motifs is 16. The third-order valence-corrected chi connectivity index (χ3v) is 21.4. The predicted molar refractivity (Wildman–Crippen MR) is 344 cm³/mol. The highest BCUT2D eigenvalue weighted by atomic mass is 32.1. The van der Waals surface area contributed by atoms with Gasteiger partial charge in [-0.15, -0.1) is 68.0 Å². The first-order valence-electron chi connectivity index (χ1n) is 28.9. The van der Waals surface area contributed by atoms with Crippen LogP contribution in [0.25, 0.3) is 43.4 Å². The van der Waals surface area contributed by atoms with Crippen molar-refractivity contribution in [3.8, 4) is 49.1 Å². The number of ketones is 1. The zero-order valence-electron chi connectivity index (χ0n) is 48.6. The Hall–Kier alpha value is -8.62. The van der Waals surface area contributed by atoms with Crippen LogP contribution in [0.1, 0.15) is 130 Å². The van der Waals surface area contributed by atoms with E-state index in [2.05, 4.69) is 25.8 Å². The number of nitrogens with zero attached hydrogens (tertiary/aromatic N) is 9. The van der Waals surface area contributed by atoms with Crippen LogP contribution in [0.3, 0.4) is 0 Å². The number of rotatable bonds is 12. The number of primary amides is 2. The maximum absolute atomic E-state index is 15.3. The summed E-state index contributed by atoms with van der Waals surface area (Å²) in [6, 6.07) is 15.4. The number of hydrogen-bond donors (Lipinski definition) is 7. The van der Waals surface area contributed by atoms with Crippen molar-refractivity contribution in [1.82, 2.24) is 60.6 Å². The number of carbonyl (C=O) groups is 7. The van der Waals surface area contributed by atoms with Crippen molar-refractivity contribution in [3.05, 3.63) is 147 Å². The van der Waals surface area contributed by atoms with Gasteiger partial charge in [-0.25, -0.2) is 39.7 Å². The molecule has 10 heterocycles. The number of hydrogen-bond acceptors (Lipinski definition) is 24. The van der Waals surface area contributed by atoms with E-state index in [0.29, 0.717) is 77.5 Å². The fourth-order valence-electron chi connectivity index (χ4n) is 11.2. The van der Waals surface area contributed by atoms with Gasteiger partial charge in [-0.2, -0.15) is 0 Å². The minimum absolute atomic E-state index is 0.00512. The van der Waals surface area contributed by atoms with Crippen LogP contribution in [-0.2, 0) is 20.7 Å². The maximum Gasteiger partial charge on any atom is 0.407 e. The lowest BCUT2D eigenvalue weighted by molar-refractivity contribution is -0.134. The van der Waals surface area contributed by atoms with Crippen molar-refractivity contribution in [2.45, 2.75) is 82.2 Å². The number of aromatic hydroxyl groups is 1. The normalized spacial score (nSPS) is 20.1. The quantitative estimate of drug-likeness (QED) is 0.0607. The van der Waals surface area contributed by atoms with Crippen LogP contribution in [0.15, 0.2) is 93.6 Å². The molecule has 9 aromatic rings. The Labute approximate surface area is 543 Å². The van der Waals surface area contributed by atoms with Crippen LogP contribution in [0.2, 0.25) is 0 Å². The van der Waals surface area contributed by atoms with Gasteiger partial charge in [0.15, 0.2) is 5.78 Å². The van der Waals surface area contributed by atoms with E-state index in [9.17, 15) is 34.2 Å². The molecule has 0 unspecified atom stereocenters. The number of pyridine rings is 1. The Morgan fingerprint density at radius 1 is 0.714 bits per heavy atom. The van der Waals surface area contributed by atoms with Gasteiger partial charge in [0.05, 0.1) is 36.2 Å². The second-order valence-electron chi connectivity index (χ2n) is 22.1. The van der Waals surface area contributed by atoms with E-state index in [1.165, 1.54) is 61.8 Å². The summed E-state index contributed by atoms with van der Waals surface area (Å²) in [5.74, 6) is -5.52. The van der Waals surface area contributed by atoms with Crippen LogP contribution in [0.4, 0.5) is 4.79 Å². The molecule has 0 aliphatic carbocycles. The Kier molecular flexibility index (Phi) is 18.6. The third kappa shape index (κ3) is 13.9. The summed E-state index contributed by atoms with van der Waals surface area (Å²) < 4.78 is 6.31. The number of benzene rings is 2. The van der Waals surface area contributed by atoms with Crippen molar-refractivity contribution in [2.75, 3.05) is 32.7 Å². The van der Waals surface area contributed by atoms with Crippen LogP contribution >= 0.6 is 68.0 Å². The molecule has 30 heteroatoms. The fraction of sp³-hybridized carbons (Fsp3) is 0.311. The summed E-state index contributed by atoms with van der Waals surface area (Å²) in [5, 5.41) is 40.9. The first-order valence-corrected chi connectivity index (χ1v) is 34.1. The third-order valence-electron chi connectivity index (χ3n) is 15.9. The van der Waals surface area contributed by atoms with E-state index < -0.39 is 90.0 Å². The molecule has 2 aromatic carbocycles. The Bertz CT molecular complexity index is 4210. The number of carbonyl (C=O) groups excluding carboxylic acids is 7. The largest absolute Gasteiger partial charge is 0.508 e. The number of nitrogens with one attached hydrogen (secondary N) is 3. The first-order chi connectivity index (χ1) is 43.9. The van der Waals surface area contributed by atoms with E-state index in [1.54, 1.807) is 77.7 Å². The lowest BCUT2D eigenvalue weighted by Crippen LogP contribution is -2.50. The molecule has 0 spiro atoms. The van der Waals surface area contributed by atoms with Crippen molar-refractivity contribution in [2.24, 2.45) is 17.4 Å². The molecule has 7 aromatic heterocycles. The van der Waals surface area contributed by atoms with Crippen molar-refractivity contribution >= 4 is 109 Å². The molecule has 7 atom stereocenters. The van der Waals surface area contributed by atoms with Crippen LogP contribution in [-0.4, -0.2) is 141 Å². The van der Waals surface area contributed by atoms with E-state index in [-0.39, 0.29) is 57.9 Å². The van der Waals surface area contributed by atoms with Gasteiger partial charge in [0, 0.05) is 75.7 Å². The molecular weight excluding hydrogens is 1280 g/mol. The molecule has 9 N–H and O–H groups in total. The van der Waals surface area contributed by atoms with E-state index in [4.69, 9.17) is 46.1 Å². The fourth-order valence-corrected chi connectivity index (χ4v) is 16.6. The Morgan fingerprint density at radius 2 is 1.37 bits per heavy atom. The number of ether oxygens (including phenoxy) is 1. The summed E-state index contributed by atoms with van der Waals surface area (Å²) in [6.07, 6.45) is -1.58. The van der Waals surface area contributed by atoms with Gasteiger partial charge in [0.1, 0.15) is 87.8 Å². The molecule has 10 bridgehead atoms. The molecule has 24 nitrogen and oxygen atoms in total. The maximum atomic E-state index is 15.3. The van der Waals surface area contributed by atoms with E-state index >= 15 is 9.59 Å². The van der Waals surface area contributed by atoms with Gasteiger partial charge < -0.3 is 52.2 Å². The van der Waals surface area contributed by atoms with Gasteiger partial charge in [0.2, 0.25) is 11.8 Å². The summed E-state index contributed by atoms with van der Waals surface area (Å²) in [4.78, 5) is 137. The zero-order valence-corrected chi connectivity index (χ0v) is 53.5. The summed E-state index contributed by atoms with van der Waals surface area (Å²) >= 11 is 7.00. The zero-order chi connectivity index (χ0) is 63.6. The minimum atomic E-state index is -1.26. The number of likely N-dealkylation sites (tertiary alicyclic amines) is 1. The van der Waals surface area contributed by atoms with Gasteiger partial charge in [0.25, 0.3) is 17.7 Å². The van der Waals surface area contributed by atoms with Gasteiger partial charge >= 0.3 is 6.09 Å². The number of phenolic OH excluding ortho intramolecular Hbond substituents is 1. The molecule has 3 aliphatic rings. The molecule has 91 heavy (non-hydrogen) atoms. The lowest BCUT2D eigenvalue weighted by Gasteiger charge is -2.29. The molecule has 6 amide bonds. The summed E-state index contributed by atoms with van der Waals surface area (Å²) in [6.45, 7) is 6.13. The number of thiazole rings is 6.